The highest BCUT2D eigenvalue weighted by Crippen LogP contribution is 2.41. The van der Waals surface area contributed by atoms with E-state index in [1.165, 1.54) is 22.3 Å². The summed E-state index contributed by atoms with van der Waals surface area (Å²) < 4.78 is 6.33. The predicted molar refractivity (Wildman–Crippen MR) is 265 cm³/mol. The van der Waals surface area contributed by atoms with Gasteiger partial charge in [0, 0.05) is 51.0 Å². The summed E-state index contributed by atoms with van der Waals surface area (Å²) in [5, 5.41) is 2.24. The van der Waals surface area contributed by atoms with Gasteiger partial charge in [0.05, 0.1) is 0 Å². The van der Waals surface area contributed by atoms with Crippen LogP contribution in [0, 0.1) is 0 Å². The van der Waals surface area contributed by atoms with Gasteiger partial charge in [0.1, 0.15) is 11.2 Å². The zero-order chi connectivity index (χ0) is 42.0. The lowest BCUT2D eigenvalue weighted by molar-refractivity contribution is 0.669. The lowest BCUT2D eigenvalue weighted by Gasteiger charge is -2.26. The van der Waals surface area contributed by atoms with Gasteiger partial charge in [0.2, 0.25) is 0 Å². The van der Waals surface area contributed by atoms with Crippen molar-refractivity contribution in [1.29, 1.82) is 0 Å². The average Bonchev–Trinajstić information content (AvgIpc) is 3.74. The molecule has 0 N–H and O–H groups in total. The lowest BCUT2D eigenvalue weighted by atomic mass is 9.93. The second kappa shape index (κ2) is 16.6. The zero-order valence-corrected chi connectivity index (χ0v) is 34.6. The number of anilines is 6. The molecule has 0 aliphatic carbocycles. The van der Waals surface area contributed by atoms with Crippen LogP contribution in [0.15, 0.2) is 259 Å². The van der Waals surface area contributed by atoms with Crippen LogP contribution in [0.2, 0.25) is 0 Å². The first-order chi connectivity index (χ1) is 31.2. The molecule has 10 aromatic carbocycles. The number of nitrogens with zero attached hydrogens (tertiary/aromatic N) is 2. The second-order valence-electron chi connectivity index (χ2n) is 15.8. The highest BCUT2D eigenvalue weighted by Gasteiger charge is 2.17. The van der Waals surface area contributed by atoms with Gasteiger partial charge in [0.15, 0.2) is 0 Å². The Bertz CT molecular complexity index is 3290. The van der Waals surface area contributed by atoms with Crippen LogP contribution < -0.4 is 9.80 Å². The molecule has 0 atom stereocenters. The molecular weight excluding hydrogens is 765 g/mol. The third kappa shape index (κ3) is 7.54. The summed E-state index contributed by atoms with van der Waals surface area (Å²) in [5.74, 6) is 0. The molecule has 0 saturated heterocycles. The summed E-state index contributed by atoms with van der Waals surface area (Å²) >= 11 is 0. The molecule has 0 radical (unpaired) electrons. The Kier molecular flexibility index (Phi) is 9.89. The van der Waals surface area contributed by atoms with Gasteiger partial charge in [-0.3, -0.25) is 0 Å². The topological polar surface area (TPSA) is 19.6 Å². The number of fused-ring (bicyclic) bond motifs is 3. The van der Waals surface area contributed by atoms with E-state index in [4.69, 9.17) is 4.42 Å². The van der Waals surface area contributed by atoms with E-state index in [0.717, 1.165) is 78.3 Å². The number of hydrogen-bond donors (Lipinski definition) is 0. The molecule has 0 amide bonds. The standard InChI is InChI=1S/C60H42N2O/c1-5-15-43(16-6-1)45-25-31-53(32-26-45)61(51-19-9-3-10-20-51)54-33-27-46(28-34-54)49-39-48(44-17-7-2-8-18-44)40-50(41-49)47-29-35-55(36-30-47)62(52-21-11-4-12-22-52)56-37-38-58-57-23-13-14-24-59(57)63-60(58)42-56/h1-42H. The van der Waals surface area contributed by atoms with Crippen molar-refractivity contribution in [3.8, 4) is 44.5 Å². The fourth-order valence-electron chi connectivity index (χ4n) is 8.70. The van der Waals surface area contributed by atoms with E-state index in [1.54, 1.807) is 0 Å². The number of para-hydroxylation sites is 3. The first kappa shape index (κ1) is 37.6. The number of benzene rings is 10. The summed E-state index contributed by atoms with van der Waals surface area (Å²) in [6, 6.07) is 90.7. The second-order valence-corrected chi connectivity index (χ2v) is 15.8. The molecule has 3 nitrogen and oxygen atoms in total. The highest BCUT2D eigenvalue weighted by molar-refractivity contribution is 6.06. The molecule has 0 spiro atoms. The molecule has 0 aliphatic rings. The Morgan fingerprint density at radius 2 is 0.524 bits per heavy atom. The Labute approximate surface area is 368 Å². The van der Waals surface area contributed by atoms with Crippen LogP contribution in [0.4, 0.5) is 34.1 Å². The van der Waals surface area contributed by atoms with E-state index in [0.29, 0.717) is 0 Å². The third-order valence-corrected chi connectivity index (χ3v) is 11.8. The molecule has 1 heterocycles. The van der Waals surface area contributed by atoms with Crippen molar-refractivity contribution in [2.75, 3.05) is 9.80 Å². The molecule has 1 aromatic heterocycles. The molecule has 0 unspecified atom stereocenters. The van der Waals surface area contributed by atoms with E-state index in [-0.39, 0.29) is 0 Å². The summed E-state index contributed by atoms with van der Waals surface area (Å²) in [7, 11) is 0. The minimum absolute atomic E-state index is 0.870. The van der Waals surface area contributed by atoms with Crippen molar-refractivity contribution in [3.63, 3.8) is 0 Å². The lowest BCUT2D eigenvalue weighted by Crippen LogP contribution is -2.09. The van der Waals surface area contributed by atoms with Gasteiger partial charge in [-0.05, 0) is 142 Å². The van der Waals surface area contributed by atoms with Crippen LogP contribution >= 0.6 is 0 Å². The van der Waals surface area contributed by atoms with Gasteiger partial charge < -0.3 is 14.2 Å². The maximum Gasteiger partial charge on any atom is 0.137 e. The van der Waals surface area contributed by atoms with Crippen molar-refractivity contribution < 1.29 is 4.42 Å². The molecule has 0 bridgehead atoms. The quantitative estimate of drug-likeness (QED) is 0.137. The van der Waals surface area contributed by atoms with E-state index in [2.05, 4.69) is 252 Å². The van der Waals surface area contributed by atoms with Crippen molar-refractivity contribution in [3.05, 3.63) is 255 Å². The number of furan rings is 1. The van der Waals surface area contributed by atoms with Crippen molar-refractivity contribution in [1.82, 2.24) is 0 Å². The van der Waals surface area contributed by atoms with Crippen LogP contribution in [0.25, 0.3) is 66.4 Å². The third-order valence-electron chi connectivity index (χ3n) is 11.8. The van der Waals surface area contributed by atoms with Crippen molar-refractivity contribution >= 4 is 56.1 Å². The van der Waals surface area contributed by atoms with Crippen LogP contribution in [0.3, 0.4) is 0 Å². The Balaban J connectivity index is 0.950. The van der Waals surface area contributed by atoms with E-state index in [9.17, 15) is 0 Å². The maximum atomic E-state index is 6.33. The van der Waals surface area contributed by atoms with Crippen LogP contribution in [0.5, 0.6) is 0 Å². The molecule has 11 rings (SSSR count). The molecular formula is C60H42N2O. The summed E-state index contributed by atoms with van der Waals surface area (Å²) in [6.07, 6.45) is 0. The first-order valence-corrected chi connectivity index (χ1v) is 21.4. The minimum atomic E-state index is 0.870. The Morgan fingerprint density at radius 1 is 0.206 bits per heavy atom. The van der Waals surface area contributed by atoms with Gasteiger partial charge in [0.25, 0.3) is 0 Å². The van der Waals surface area contributed by atoms with Gasteiger partial charge >= 0.3 is 0 Å². The minimum Gasteiger partial charge on any atom is -0.456 e. The monoisotopic (exact) mass is 806 g/mol. The Morgan fingerprint density at radius 3 is 1.00 bits per heavy atom. The number of hydrogen-bond acceptors (Lipinski definition) is 3. The largest absolute Gasteiger partial charge is 0.456 e. The summed E-state index contributed by atoms with van der Waals surface area (Å²) in [6.45, 7) is 0. The summed E-state index contributed by atoms with van der Waals surface area (Å²) in [4.78, 5) is 4.61. The first-order valence-electron chi connectivity index (χ1n) is 21.4. The average molecular weight is 807 g/mol. The van der Waals surface area contributed by atoms with E-state index in [1.807, 2.05) is 12.1 Å². The highest BCUT2D eigenvalue weighted by atomic mass is 16.3. The molecule has 0 saturated carbocycles. The summed E-state index contributed by atoms with van der Waals surface area (Å²) in [5.41, 5.74) is 17.6. The van der Waals surface area contributed by atoms with Gasteiger partial charge in [-0.2, -0.15) is 0 Å². The van der Waals surface area contributed by atoms with Crippen molar-refractivity contribution in [2.45, 2.75) is 0 Å². The molecule has 298 valence electrons. The zero-order valence-electron chi connectivity index (χ0n) is 34.6. The van der Waals surface area contributed by atoms with Crippen LogP contribution in [-0.4, -0.2) is 0 Å². The van der Waals surface area contributed by atoms with E-state index >= 15 is 0 Å². The normalized spacial score (nSPS) is 11.2. The Hall–Kier alpha value is -8.40. The molecule has 0 aliphatic heterocycles. The fourth-order valence-corrected chi connectivity index (χ4v) is 8.70. The van der Waals surface area contributed by atoms with Crippen LogP contribution in [-0.2, 0) is 0 Å². The van der Waals surface area contributed by atoms with Gasteiger partial charge in [-0.15, -0.1) is 0 Å². The number of rotatable bonds is 10. The molecule has 63 heavy (non-hydrogen) atoms. The van der Waals surface area contributed by atoms with Gasteiger partial charge in [-0.25, -0.2) is 0 Å². The maximum absolute atomic E-state index is 6.33. The SMILES string of the molecule is c1ccc(-c2ccc(N(c3ccccc3)c3ccc(-c4cc(-c5ccccc5)cc(-c5ccc(N(c6ccccc6)c6ccc7c(c6)oc6ccccc67)cc5)c4)cc3)cc2)cc1. The van der Waals surface area contributed by atoms with Gasteiger partial charge in [-0.1, -0.05) is 152 Å². The molecule has 11 aromatic rings. The molecule has 3 heteroatoms. The van der Waals surface area contributed by atoms with Crippen molar-refractivity contribution in [2.24, 2.45) is 0 Å². The molecule has 0 fully saturated rings. The van der Waals surface area contributed by atoms with Crippen LogP contribution in [0.1, 0.15) is 0 Å². The smallest absolute Gasteiger partial charge is 0.137 e. The fraction of sp³-hybridized carbons (Fsp3) is 0. The van der Waals surface area contributed by atoms with E-state index < -0.39 is 0 Å². The predicted octanol–water partition coefficient (Wildman–Crippen LogP) is 17.2.